The van der Waals surface area contributed by atoms with E-state index in [4.69, 9.17) is 0 Å². The fourth-order valence-corrected chi connectivity index (χ4v) is 5.46. The minimum atomic E-state index is -3.20. The zero-order valence-electron chi connectivity index (χ0n) is 14.5. The van der Waals surface area contributed by atoms with Gasteiger partial charge < -0.3 is 5.11 Å². The number of fused-ring (bicyclic) bond motifs is 1. The fourth-order valence-electron chi connectivity index (χ4n) is 3.75. The van der Waals surface area contributed by atoms with E-state index in [0.717, 1.165) is 18.8 Å². The third-order valence-electron chi connectivity index (χ3n) is 5.29. The second kappa shape index (κ2) is 6.60. The smallest absolute Gasteiger partial charge is 0.211 e. The van der Waals surface area contributed by atoms with Gasteiger partial charge >= 0.3 is 0 Å². The molecule has 2 fully saturated rings. The van der Waals surface area contributed by atoms with Gasteiger partial charge in [-0.15, -0.1) is 5.10 Å². The molecule has 2 atom stereocenters. The van der Waals surface area contributed by atoms with Gasteiger partial charge in [-0.05, 0) is 30.3 Å². The van der Waals surface area contributed by atoms with E-state index in [9.17, 15) is 13.5 Å². The van der Waals surface area contributed by atoms with Crippen molar-refractivity contribution in [1.29, 1.82) is 0 Å². The number of likely N-dealkylation sites (tertiary alicyclic amines) is 1. The van der Waals surface area contributed by atoms with E-state index in [0.29, 0.717) is 38.4 Å². The van der Waals surface area contributed by atoms with Crippen molar-refractivity contribution in [2.75, 3.05) is 32.4 Å². The van der Waals surface area contributed by atoms with Crippen molar-refractivity contribution in [3.05, 3.63) is 10.6 Å². The summed E-state index contributed by atoms with van der Waals surface area (Å²) in [5.41, 5.74) is 0.312. The van der Waals surface area contributed by atoms with Crippen LogP contribution in [0.1, 0.15) is 43.2 Å². The van der Waals surface area contributed by atoms with E-state index < -0.39 is 15.6 Å². The van der Waals surface area contributed by atoms with Crippen LogP contribution >= 0.6 is 11.5 Å². The number of aromatic nitrogens is 2. The first kappa shape index (κ1) is 18.2. The summed E-state index contributed by atoms with van der Waals surface area (Å²) in [6.45, 7) is 7.35. The first-order valence-corrected chi connectivity index (χ1v) is 11.0. The number of piperidine rings is 2. The zero-order chi connectivity index (χ0) is 17.5. The Kier molecular flexibility index (Phi) is 5.00. The van der Waals surface area contributed by atoms with Crippen LogP contribution in [0.5, 0.6) is 0 Å². The Balaban J connectivity index is 1.70. The maximum Gasteiger partial charge on any atom is 0.211 e. The third kappa shape index (κ3) is 3.65. The molecule has 9 heteroatoms. The first-order valence-electron chi connectivity index (χ1n) is 8.40. The molecule has 7 nitrogen and oxygen atoms in total. The number of hydrogen-bond donors (Lipinski definition) is 1. The summed E-state index contributed by atoms with van der Waals surface area (Å²) in [6, 6.07) is 0. The van der Waals surface area contributed by atoms with Crippen LogP contribution in [0.15, 0.2) is 0 Å². The lowest BCUT2D eigenvalue weighted by Gasteiger charge is -2.49. The van der Waals surface area contributed by atoms with E-state index in [-0.39, 0.29) is 5.92 Å². The molecule has 24 heavy (non-hydrogen) atoms. The zero-order valence-corrected chi connectivity index (χ0v) is 16.1. The van der Waals surface area contributed by atoms with Crippen molar-refractivity contribution in [3.63, 3.8) is 0 Å². The summed E-state index contributed by atoms with van der Waals surface area (Å²) in [6.07, 6.45) is 2.46. The monoisotopic (exact) mass is 374 g/mol. The molecule has 3 heterocycles. The molecule has 2 unspecified atom stereocenters. The SMILES string of the molecule is CC(C)c1nnsc1CN1CCC2(O)CCN(S(C)(=O)=O)CC2C1. The van der Waals surface area contributed by atoms with Gasteiger partial charge in [-0.25, -0.2) is 12.7 Å². The average molecular weight is 375 g/mol. The van der Waals surface area contributed by atoms with Crippen LogP contribution in [-0.2, 0) is 16.6 Å². The molecular weight excluding hydrogens is 348 g/mol. The van der Waals surface area contributed by atoms with Crippen LogP contribution in [0.2, 0.25) is 0 Å². The summed E-state index contributed by atoms with van der Waals surface area (Å²) in [4.78, 5) is 3.47. The van der Waals surface area contributed by atoms with Crippen LogP contribution in [0, 0.1) is 5.92 Å². The summed E-state index contributed by atoms with van der Waals surface area (Å²) in [5.74, 6) is 0.300. The minimum absolute atomic E-state index is 0.0434. The lowest BCUT2D eigenvalue weighted by atomic mass is 9.76. The van der Waals surface area contributed by atoms with Gasteiger partial charge in [-0.2, -0.15) is 0 Å². The topological polar surface area (TPSA) is 86.6 Å². The fraction of sp³-hybridized carbons (Fsp3) is 0.867. The Morgan fingerprint density at radius 3 is 2.71 bits per heavy atom. The van der Waals surface area contributed by atoms with Crippen molar-refractivity contribution >= 4 is 21.6 Å². The Morgan fingerprint density at radius 2 is 2.04 bits per heavy atom. The van der Waals surface area contributed by atoms with Gasteiger partial charge in [0, 0.05) is 38.6 Å². The maximum absolute atomic E-state index is 11.8. The number of aliphatic hydroxyl groups is 1. The molecule has 136 valence electrons. The van der Waals surface area contributed by atoms with E-state index in [1.165, 1.54) is 27.0 Å². The molecule has 1 N–H and O–H groups in total. The third-order valence-corrected chi connectivity index (χ3v) is 7.28. The minimum Gasteiger partial charge on any atom is -0.389 e. The van der Waals surface area contributed by atoms with Crippen LogP contribution in [0.3, 0.4) is 0 Å². The van der Waals surface area contributed by atoms with Gasteiger partial charge in [-0.3, -0.25) is 4.90 Å². The molecule has 0 spiro atoms. The summed E-state index contributed by atoms with van der Waals surface area (Å²) in [5, 5.41) is 15.1. The van der Waals surface area contributed by atoms with Gasteiger partial charge in [0.15, 0.2) is 0 Å². The molecule has 2 aliphatic heterocycles. The summed E-state index contributed by atoms with van der Waals surface area (Å²) < 4.78 is 29.3. The van der Waals surface area contributed by atoms with Crippen molar-refractivity contribution in [2.24, 2.45) is 5.92 Å². The highest BCUT2D eigenvalue weighted by molar-refractivity contribution is 7.88. The van der Waals surface area contributed by atoms with Gasteiger partial charge in [0.05, 0.1) is 22.4 Å². The highest BCUT2D eigenvalue weighted by Crippen LogP contribution is 2.37. The summed E-state index contributed by atoms with van der Waals surface area (Å²) in [7, 11) is -3.20. The standard InChI is InChI=1S/C15H26N4O3S2/c1-11(2)14-13(23-17-16-14)10-18-6-4-15(20)5-7-19(24(3,21)22)9-12(15)8-18/h11-12,20H,4-10H2,1-3H3. The molecule has 0 aromatic carbocycles. The quantitative estimate of drug-likeness (QED) is 0.842. The van der Waals surface area contributed by atoms with Gasteiger partial charge in [0.2, 0.25) is 10.0 Å². The number of nitrogens with zero attached hydrogens (tertiary/aromatic N) is 4. The number of sulfonamides is 1. The molecule has 3 rings (SSSR count). The lowest BCUT2D eigenvalue weighted by molar-refractivity contribution is -0.102. The van der Waals surface area contributed by atoms with Crippen LogP contribution in [0.4, 0.5) is 0 Å². The first-order chi connectivity index (χ1) is 11.2. The van der Waals surface area contributed by atoms with Crippen molar-refractivity contribution in [2.45, 2.75) is 44.8 Å². The molecule has 1 aromatic heterocycles. The Morgan fingerprint density at radius 1 is 1.33 bits per heavy atom. The summed E-state index contributed by atoms with van der Waals surface area (Å²) >= 11 is 1.43. The maximum atomic E-state index is 11.8. The number of rotatable bonds is 4. The van der Waals surface area contributed by atoms with E-state index in [2.05, 4.69) is 28.3 Å². The van der Waals surface area contributed by atoms with Gasteiger partial charge in [-0.1, -0.05) is 18.3 Å². The predicted molar refractivity (Wildman–Crippen MR) is 93.4 cm³/mol. The van der Waals surface area contributed by atoms with Gasteiger partial charge in [0.1, 0.15) is 0 Å². The molecule has 0 amide bonds. The van der Waals surface area contributed by atoms with Crippen molar-refractivity contribution in [1.82, 2.24) is 18.8 Å². The normalized spacial score (nSPS) is 29.8. The number of hydrogen-bond acceptors (Lipinski definition) is 7. The van der Waals surface area contributed by atoms with E-state index >= 15 is 0 Å². The Bertz CT molecular complexity index is 691. The highest BCUT2D eigenvalue weighted by Gasteiger charge is 2.46. The van der Waals surface area contributed by atoms with E-state index in [1.807, 2.05) is 0 Å². The molecule has 0 radical (unpaired) electrons. The highest BCUT2D eigenvalue weighted by atomic mass is 32.2. The average Bonchev–Trinajstić information content (AvgIpc) is 2.94. The largest absolute Gasteiger partial charge is 0.389 e. The molecule has 1 aromatic rings. The molecule has 2 saturated heterocycles. The van der Waals surface area contributed by atoms with Crippen LogP contribution in [0.25, 0.3) is 0 Å². The van der Waals surface area contributed by atoms with E-state index in [1.54, 1.807) is 0 Å². The lowest BCUT2D eigenvalue weighted by Crippen LogP contribution is -2.60. The molecule has 0 bridgehead atoms. The van der Waals surface area contributed by atoms with Gasteiger partial charge in [0.25, 0.3) is 0 Å². The Hall–Kier alpha value is -0.610. The van der Waals surface area contributed by atoms with Crippen molar-refractivity contribution in [3.8, 4) is 0 Å². The second-order valence-electron chi connectivity index (χ2n) is 7.39. The van der Waals surface area contributed by atoms with Crippen LogP contribution in [-0.4, -0.2) is 70.4 Å². The molecule has 2 aliphatic rings. The Labute approximate surface area is 147 Å². The molecule has 0 aliphatic carbocycles. The molecular formula is C15H26N4O3S2. The predicted octanol–water partition coefficient (Wildman–Crippen LogP) is 0.880. The van der Waals surface area contributed by atoms with Crippen molar-refractivity contribution < 1.29 is 13.5 Å². The molecule has 0 saturated carbocycles. The van der Waals surface area contributed by atoms with Crippen LogP contribution < -0.4 is 0 Å². The second-order valence-corrected chi connectivity index (χ2v) is 10.2.